The van der Waals surface area contributed by atoms with Crippen LogP contribution in [0.5, 0.6) is 0 Å². The van der Waals surface area contributed by atoms with E-state index in [4.69, 9.17) is 4.42 Å². The average molecular weight is 411 g/mol. The number of hydrogen-bond acceptors (Lipinski definition) is 6. The van der Waals surface area contributed by atoms with Gasteiger partial charge in [-0.2, -0.15) is 0 Å². The molecule has 142 valence electrons. The number of furan rings is 1. The zero-order valence-electron chi connectivity index (χ0n) is 15.2. The van der Waals surface area contributed by atoms with Crippen molar-refractivity contribution in [1.29, 1.82) is 0 Å². The molecule has 0 atom stereocenters. The Morgan fingerprint density at radius 3 is 2.89 bits per heavy atom. The molecule has 0 spiro atoms. The van der Waals surface area contributed by atoms with Gasteiger partial charge in [-0.25, -0.2) is 9.97 Å². The average Bonchev–Trinajstić information content (AvgIpc) is 3.46. The number of thioether (sulfide) groups is 1. The molecule has 8 heteroatoms. The van der Waals surface area contributed by atoms with E-state index in [9.17, 15) is 4.79 Å². The second-order valence-electron chi connectivity index (χ2n) is 6.05. The molecule has 0 saturated heterocycles. The van der Waals surface area contributed by atoms with Crippen LogP contribution in [0, 0.1) is 0 Å². The maximum absolute atomic E-state index is 12.3. The summed E-state index contributed by atoms with van der Waals surface area (Å²) < 4.78 is 7.60. The van der Waals surface area contributed by atoms with Crippen LogP contribution in [0.3, 0.4) is 0 Å². The molecule has 0 aliphatic heterocycles. The summed E-state index contributed by atoms with van der Waals surface area (Å²) in [5, 5.41) is 6.62. The molecule has 0 fully saturated rings. The standard InChI is InChI=1S/C20H18N4O2S2/c1-24-10-9-21-20(24)28-12-15-7-8-17(26-15)19(25)22-11-18-23-16(13-27-18)14-5-3-2-4-6-14/h2-10,13H,11-12H2,1H3,(H,22,25). The first-order valence-corrected chi connectivity index (χ1v) is 10.5. The Kier molecular flexibility index (Phi) is 5.59. The molecule has 4 aromatic rings. The van der Waals surface area contributed by atoms with Crippen molar-refractivity contribution >= 4 is 29.0 Å². The first-order valence-electron chi connectivity index (χ1n) is 8.66. The van der Waals surface area contributed by atoms with Gasteiger partial charge in [0.15, 0.2) is 10.9 Å². The molecule has 0 bridgehead atoms. The number of imidazole rings is 1. The Bertz CT molecular complexity index is 1070. The number of carbonyl (C=O) groups excluding carboxylic acids is 1. The van der Waals surface area contributed by atoms with Crippen LogP contribution in [0.2, 0.25) is 0 Å². The summed E-state index contributed by atoms with van der Waals surface area (Å²) in [4.78, 5) is 21.2. The van der Waals surface area contributed by atoms with Gasteiger partial charge < -0.3 is 14.3 Å². The maximum atomic E-state index is 12.3. The highest BCUT2D eigenvalue weighted by Crippen LogP contribution is 2.23. The molecule has 6 nitrogen and oxygen atoms in total. The Hall–Kier alpha value is -2.84. The van der Waals surface area contributed by atoms with Crippen LogP contribution < -0.4 is 5.32 Å². The van der Waals surface area contributed by atoms with Crippen molar-refractivity contribution in [2.75, 3.05) is 0 Å². The molecule has 0 radical (unpaired) electrons. The summed E-state index contributed by atoms with van der Waals surface area (Å²) in [5.41, 5.74) is 1.98. The highest BCUT2D eigenvalue weighted by atomic mass is 32.2. The van der Waals surface area contributed by atoms with Gasteiger partial charge >= 0.3 is 0 Å². The molecular weight excluding hydrogens is 392 g/mol. The molecule has 0 unspecified atom stereocenters. The summed E-state index contributed by atoms with van der Waals surface area (Å²) in [5.74, 6) is 1.41. The number of rotatable bonds is 7. The molecule has 4 rings (SSSR count). The molecule has 3 heterocycles. The summed E-state index contributed by atoms with van der Waals surface area (Å²) >= 11 is 3.09. The number of nitrogens with zero attached hydrogens (tertiary/aromatic N) is 3. The lowest BCUT2D eigenvalue weighted by molar-refractivity contribution is 0.0921. The Balaban J connectivity index is 1.31. The molecule has 1 N–H and O–H groups in total. The van der Waals surface area contributed by atoms with Crippen molar-refractivity contribution in [2.24, 2.45) is 7.05 Å². The fourth-order valence-corrected chi connectivity index (χ4v) is 4.15. The topological polar surface area (TPSA) is 73.0 Å². The molecule has 0 aliphatic rings. The Morgan fingerprint density at radius 1 is 1.25 bits per heavy atom. The van der Waals surface area contributed by atoms with Crippen LogP contribution >= 0.6 is 23.1 Å². The van der Waals surface area contributed by atoms with E-state index in [0.717, 1.165) is 27.2 Å². The minimum Gasteiger partial charge on any atom is -0.455 e. The fraction of sp³-hybridized carbons (Fsp3) is 0.150. The zero-order valence-corrected chi connectivity index (χ0v) is 16.8. The number of hydrogen-bond donors (Lipinski definition) is 1. The smallest absolute Gasteiger partial charge is 0.287 e. The monoisotopic (exact) mass is 410 g/mol. The van der Waals surface area contributed by atoms with E-state index in [1.165, 1.54) is 11.3 Å². The number of benzene rings is 1. The number of carbonyl (C=O) groups is 1. The lowest BCUT2D eigenvalue weighted by Gasteiger charge is -2.01. The van der Waals surface area contributed by atoms with Gasteiger partial charge in [0.25, 0.3) is 5.91 Å². The minimum absolute atomic E-state index is 0.246. The van der Waals surface area contributed by atoms with Crippen LogP contribution in [-0.2, 0) is 19.3 Å². The van der Waals surface area contributed by atoms with Crippen molar-refractivity contribution < 1.29 is 9.21 Å². The quantitative estimate of drug-likeness (QED) is 0.458. The number of aromatic nitrogens is 3. The van der Waals surface area contributed by atoms with E-state index in [0.29, 0.717) is 18.1 Å². The molecule has 1 amide bonds. The van der Waals surface area contributed by atoms with Crippen LogP contribution in [0.1, 0.15) is 21.3 Å². The molecule has 28 heavy (non-hydrogen) atoms. The number of nitrogens with one attached hydrogen (secondary N) is 1. The fourth-order valence-electron chi connectivity index (χ4n) is 2.58. The second-order valence-corrected chi connectivity index (χ2v) is 7.94. The van der Waals surface area contributed by atoms with E-state index in [-0.39, 0.29) is 5.91 Å². The van der Waals surface area contributed by atoms with Crippen LogP contribution in [0.4, 0.5) is 0 Å². The second kappa shape index (κ2) is 8.45. The predicted octanol–water partition coefficient (Wildman–Crippen LogP) is 4.36. The molecule has 0 aliphatic carbocycles. The van der Waals surface area contributed by atoms with Gasteiger partial charge in [-0.3, -0.25) is 4.79 Å². The van der Waals surface area contributed by atoms with Gasteiger partial charge in [0, 0.05) is 30.4 Å². The number of aryl methyl sites for hydroxylation is 1. The van der Waals surface area contributed by atoms with Gasteiger partial charge in [-0.05, 0) is 12.1 Å². The third-order valence-electron chi connectivity index (χ3n) is 4.03. The number of amides is 1. The summed E-state index contributed by atoms with van der Waals surface area (Å²) in [6.07, 6.45) is 3.65. The first-order chi connectivity index (χ1) is 13.7. The lowest BCUT2D eigenvalue weighted by Crippen LogP contribution is -2.22. The van der Waals surface area contributed by atoms with Crippen LogP contribution in [0.25, 0.3) is 11.3 Å². The van der Waals surface area contributed by atoms with Crippen LogP contribution in [0.15, 0.2) is 69.8 Å². The van der Waals surface area contributed by atoms with E-state index in [1.54, 1.807) is 24.0 Å². The first kappa shape index (κ1) is 18.5. The third-order valence-corrected chi connectivity index (χ3v) is 5.96. The van der Waals surface area contributed by atoms with Crippen molar-refractivity contribution in [2.45, 2.75) is 17.5 Å². The Morgan fingerprint density at radius 2 is 2.11 bits per heavy atom. The maximum Gasteiger partial charge on any atom is 0.287 e. The minimum atomic E-state index is -0.246. The number of thiazole rings is 1. The van der Waals surface area contributed by atoms with Gasteiger partial charge in [0.1, 0.15) is 10.8 Å². The van der Waals surface area contributed by atoms with Crippen molar-refractivity contribution in [3.05, 3.63) is 76.8 Å². The summed E-state index contributed by atoms with van der Waals surface area (Å²) in [7, 11) is 1.94. The van der Waals surface area contributed by atoms with Crippen molar-refractivity contribution in [3.63, 3.8) is 0 Å². The molecular formula is C20H18N4O2S2. The van der Waals surface area contributed by atoms with Gasteiger partial charge in [0.2, 0.25) is 0 Å². The SMILES string of the molecule is Cn1ccnc1SCc1ccc(C(=O)NCc2nc(-c3ccccc3)cs2)o1. The molecule has 3 aromatic heterocycles. The van der Waals surface area contributed by atoms with E-state index >= 15 is 0 Å². The normalized spacial score (nSPS) is 10.9. The molecule has 1 aromatic carbocycles. The van der Waals surface area contributed by atoms with E-state index < -0.39 is 0 Å². The highest BCUT2D eigenvalue weighted by Gasteiger charge is 2.13. The van der Waals surface area contributed by atoms with Gasteiger partial charge in [-0.15, -0.1) is 11.3 Å². The summed E-state index contributed by atoms with van der Waals surface area (Å²) in [6, 6.07) is 13.5. The third kappa shape index (κ3) is 4.35. The van der Waals surface area contributed by atoms with Gasteiger partial charge in [0.05, 0.1) is 18.0 Å². The van der Waals surface area contributed by atoms with E-state index in [1.807, 2.05) is 59.6 Å². The predicted molar refractivity (Wildman–Crippen MR) is 110 cm³/mol. The Labute approximate surface area is 170 Å². The van der Waals surface area contributed by atoms with Crippen molar-refractivity contribution in [1.82, 2.24) is 19.9 Å². The summed E-state index contributed by atoms with van der Waals surface area (Å²) in [6.45, 7) is 0.369. The lowest BCUT2D eigenvalue weighted by atomic mass is 10.2. The van der Waals surface area contributed by atoms with Gasteiger partial charge in [-0.1, -0.05) is 42.1 Å². The zero-order chi connectivity index (χ0) is 19.3. The largest absolute Gasteiger partial charge is 0.455 e. The molecule has 0 saturated carbocycles. The van der Waals surface area contributed by atoms with Crippen LogP contribution in [-0.4, -0.2) is 20.4 Å². The van der Waals surface area contributed by atoms with Crippen molar-refractivity contribution in [3.8, 4) is 11.3 Å². The highest BCUT2D eigenvalue weighted by molar-refractivity contribution is 7.98. The van der Waals surface area contributed by atoms with E-state index in [2.05, 4.69) is 15.3 Å².